The summed E-state index contributed by atoms with van der Waals surface area (Å²) < 4.78 is 26.7. The lowest BCUT2D eigenvalue weighted by Crippen LogP contribution is -2.29. The van der Waals surface area contributed by atoms with E-state index in [9.17, 15) is 13.2 Å². The van der Waals surface area contributed by atoms with Crippen LogP contribution in [-0.2, 0) is 10.0 Å². The molecule has 1 aromatic heterocycles. The normalized spacial score (nSPS) is 11.2. The highest BCUT2D eigenvalue weighted by Crippen LogP contribution is 2.18. The van der Waals surface area contributed by atoms with Crippen molar-refractivity contribution in [2.75, 3.05) is 6.54 Å². The SMILES string of the molecule is O=C(CNS(=O)(=O)c1ccccc1)c1cccc(-c2ccccn2)c1. The highest BCUT2D eigenvalue weighted by Gasteiger charge is 2.16. The standard InChI is InChI=1S/C19H16N2O3S/c22-19(14-21-25(23,24)17-9-2-1-3-10-17)16-8-6-7-15(13-16)18-11-4-5-12-20-18/h1-13,21H,14H2. The number of pyridine rings is 1. The number of carbonyl (C=O) groups is 1. The molecule has 126 valence electrons. The number of hydrogen-bond donors (Lipinski definition) is 1. The van der Waals surface area contributed by atoms with Gasteiger partial charge in [-0.3, -0.25) is 9.78 Å². The van der Waals surface area contributed by atoms with Crippen LogP contribution in [0.25, 0.3) is 11.3 Å². The lowest BCUT2D eigenvalue weighted by Gasteiger charge is -2.07. The van der Waals surface area contributed by atoms with E-state index in [2.05, 4.69) is 9.71 Å². The summed E-state index contributed by atoms with van der Waals surface area (Å²) >= 11 is 0. The van der Waals surface area contributed by atoms with E-state index in [0.717, 1.165) is 11.3 Å². The molecule has 0 aliphatic rings. The number of nitrogens with zero attached hydrogens (tertiary/aromatic N) is 1. The molecule has 3 aromatic rings. The summed E-state index contributed by atoms with van der Waals surface area (Å²) in [6, 6.07) is 20.5. The van der Waals surface area contributed by atoms with Gasteiger partial charge in [-0.15, -0.1) is 0 Å². The molecule has 25 heavy (non-hydrogen) atoms. The Balaban J connectivity index is 1.74. The molecule has 0 bridgehead atoms. The molecule has 0 radical (unpaired) electrons. The van der Waals surface area contributed by atoms with Crippen molar-refractivity contribution >= 4 is 15.8 Å². The van der Waals surface area contributed by atoms with Crippen molar-refractivity contribution in [2.24, 2.45) is 0 Å². The minimum Gasteiger partial charge on any atom is -0.293 e. The number of carbonyl (C=O) groups excluding carboxylic acids is 1. The summed E-state index contributed by atoms with van der Waals surface area (Å²) in [7, 11) is -3.71. The van der Waals surface area contributed by atoms with Gasteiger partial charge in [0.2, 0.25) is 10.0 Å². The summed E-state index contributed by atoms with van der Waals surface area (Å²) in [6.45, 7) is -0.303. The molecule has 6 heteroatoms. The van der Waals surface area contributed by atoms with Crippen molar-refractivity contribution < 1.29 is 13.2 Å². The molecule has 0 atom stereocenters. The number of rotatable bonds is 6. The third kappa shape index (κ3) is 4.17. The van der Waals surface area contributed by atoms with Gasteiger partial charge in [0.1, 0.15) is 0 Å². The van der Waals surface area contributed by atoms with Crippen LogP contribution in [0.3, 0.4) is 0 Å². The van der Waals surface area contributed by atoms with Gasteiger partial charge in [-0.2, -0.15) is 0 Å². The number of nitrogens with one attached hydrogen (secondary N) is 1. The first-order valence-corrected chi connectivity index (χ1v) is 9.14. The maximum absolute atomic E-state index is 12.4. The van der Waals surface area contributed by atoms with Gasteiger partial charge in [-0.25, -0.2) is 13.1 Å². The van der Waals surface area contributed by atoms with Crippen LogP contribution < -0.4 is 4.72 Å². The Morgan fingerprint density at radius 2 is 1.68 bits per heavy atom. The molecule has 0 aliphatic carbocycles. The van der Waals surface area contributed by atoms with Crippen LogP contribution >= 0.6 is 0 Å². The summed E-state index contributed by atoms with van der Waals surface area (Å²) in [5.74, 6) is -0.308. The number of sulfonamides is 1. The van der Waals surface area contributed by atoms with Crippen molar-refractivity contribution in [1.29, 1.82) is 0 Å². The van der Waals surface area contributed by atoms with Crippen LogP contribution in [0.2, 0.25) is 0 Å². The number of benzene rings is 2. The van der Waals surface area contributed by atoms with Gasteiger partial charge in [0.25, 0.3) is 0 Å². The Hall–Kier alpha value is -2.83. The minimum absolute atomic E-state index is 0.130. The Kier molecular flexibility index (Phi) is 5.02. The number of hydrogen-bond acceptors (Lipinski definition) is 4. The molecule has 0 amide bonds. The van der Waals surface area contributed by atoms with Crippen LogP contribution in [0.1, 0.15) is 10.4 Å². The van der Waals surface area contributed by atoms with Gasteiger partial charge in [-0.05, 0) is 30.3 Å². The predicted octanol–water partition coefficient (Wildman–Crippen LogP) is 2.91. The molecule has 1 heterocycles. The maximum Gasteiger partial charge on any atom is 0.240 e. The third-order valence-corrected chi connectivity index (χ3v) is 5.04. The van der Waals surface area contributed by atoms with E-state index in [-0.39, 0.29) is 17.2 Å². The second-order valence-corrected chi connectivity index (χ2v) is 7.12. The fourth-order valence-electron chi connectivity index (χ4n) is 2.33. The van der Waals surface area contributed by atoms with E-state index < -0.39 is 10.0 Å². The topological polar surface area (TPSA) is 76.1 Å². The summed E-state index contributed by atoms with van der Waals surface area (Å²) in [6.07, 6.45) is 1.68. The first-order chi connectivity index (χ1) is 12.1. The smallest absolute Gasteiger partial charge is 0.240 e. The van der Waals surface area contributed by atoms with E-state index in [0.29, 0.717) is 5.56 Å². The van der Waals surface area contributed by atoms with Crippen LogP contribution in [0, 0.1) is 0 Å². The molecule has 0 aliphatic heterocycles. The third-order valence-electron chi connectivity index (χ3n) is 3.62. The summed E-state index contributed by atoms with van der Waals surface area (Å²) in [4.78, 5) is 16.7. The van der Waals surface area contributed by atoms with Crippen molar-refractivity contribution in [3.8, 4) is 11.3 Å². The zero-order chi connectivity index (χ0) is 17.7. The second kappa shape index (κ2) is 7.38. The highest BCUT2D eigenvalue weighted by molar-refractivity contribution is 7.89. The average molecular weight is 352 g/mol. The lowest BCUT2D eigenvalue weighted by atomic mass is 10.0. The van der Waals surface area contributed by atoms with Crippen molar-refractivity contribution in [3.05, 3.63) is 84.6 Å². The van der Waals surface area contributed by atoms with Crippen molar-refractivity contribution in [1.82, 2.24) is 9.71 Å². The zero-order valence-corrected chi connectivity index (χ0v) is 14.1. The fourth-order valence-corrected chi connectivity index (χ4v) is 3.33. The molecule has 0 saturated heterocycles. The van der Waals surface area contributed by atoms with Gasteiger partial charge in [0.15, 0.2) is 5.78 Å². The van der Waals surface area contributed by atoms with Gasteiger partial charge in [0, 0.05) is 17.3 Å². The Bertz CT molecular complexity index is 972. The molecule has 0 fully saturated rings. The molecule has 3 rings (SSSR count). The van der Waals surface area contributed by atoms with Crippen LogP contribution in [0.15, 0.2) is 83.9 Å². The monoisotopic (exact) mass is 352 g/mol. The van der Waals surface area contributed by atoms with E-state index >= 15 is 0 Å². The highest BCUT2D eigenvalue weighted by atomic mass is 32.2. The first kappa shape index (κ1) is 17.0. The molecule has 5 nitrogen and oxygen atoms in total. The van der Waals surface area contributed by atoms with Gasteiger partial charge in [0.05, 0.1) is 17.1 Å². The van der Waals surface area contributed by atoms with Crippen molar-refractivity contribution in [3.63, 3.8) is 0 Å². The molecule has 0 unspecified atom stereocenters. The fraction of sp³-hybridized carbons (Fsp3) is 0.0526. The van der Waals surface area contributed by atoms with Crippen molar-refractivity contribution in [2.45, 2.75) is 4.90 Å². The van der Waals surface area contributed by atoms with Crippen LogP contribution in [0.4, 0.5) is 0 Å². The number of ketones is 1. The predicted molar refractivity (Wildman–Crippen MR) is 95.6 cm³/mol. The van der Waals surface area contributed by atoms with Gasteiger partial charge < -0.3 is 0 Å². The van der Waals surface area contributed by atoms with Gasteiger partial charge in [-0.1, -0.05) is 42.5 Å². The molecular weight excluding hydrogens is 336 g/mol. The van der Waals surface area contributed by atoms with Crippen LogP contribution in [0.5, 0.6) is 0 Å². The van der Waals surface area contributed by atoms with Crippen LogP contribution in [-0.4, -0.2) is 25.7 Å². The molecule has 2 aromatic carbocycles. The summed E-state index contributed by atoms with van der Waals surface area (Å²) in [5, 5.41) is 0. The van der Waals surface area contributed by atoms with Gasteiger partial charge >= 0.3 is 0 Å². The van der Waals surface area contributed by atoms with E-state index in [1.165, 1.54) is 12.1 Å². The minimum atomic E-state index is -3.71. The molecule has 0 saturated carbocycles. The zero-order valence-electron chi connectivity index (χ0n) is 13.3. The molecule has 1 N–H and O–H groups in total. The largest absolute Gasteiger partial charge is 0.293 e. The molecular formula is C19H16N2O3S. The maximum atomic E-state index is 12.4. The second-order valence-electron chi connectivity index (χ2n) is 5.36. The Morgan fingerprint density at radius 1 is 0.920 bits per heavy atom. The van der Waals surface area contributed by atoms with E-state index in [1.54, 1.807) is 42.6 Å². The van der Waals surface area contributed by atoms with E-state index in [4.69, 9.17) is 0 Å². The number of Topliss-reactive ketones (excluding diaryl/α,β-unsaturated/α-hetero) is 1. The quantitative estimate of drug-likeness (QED) is 0.692. The molecule has 0 spiro atoms. The Labute approximate surface area is 146 Å². The number of aromatic nitrogens is 1. The Morgan fingerprint density at radius 3 is 2.40 bits per heavy atom. The lowest BCUT2D eigenvalue weighted by molar-refractivity contribution is 0.0997. The summed E-state index contributed by atoms with van der Waals surface area (Å²) in [5.41, 5.74) is 1.98. The first-order valence-electron chi connectivity index (χ1n) is 7.66. The van der Waals surface area contributed by atoms with E-state index in [1.807, 2.05) is 24.3 Å². The average Bonchev–Trinajstić information content (AvgIpc) is 2.68.